The molecule has 0 saturated heterocycles. The maximum absolute atomic E-state index is 13.9. The second kappa shape index (κ2) is 10.6. The Kier molecular flexibility index (Phi) is 7.42. The second-order valence-corrected chi connectivity index (χ2v) is 11.3. The lowest BCUT2D eigenvalue weighted by atomic mass is 9.95. The zero-order chi connectivity index (χ0) is 28.0. The Bertz CT molecular complexity index is 1830. The summed E-state index contributed by atoms with van der Waals surface area (Å²) in [5, 5.41) is 0.963. The Morgan fingerprint density at radius 2 is 1.77 bits per heavy atom. The van der Waals surface area contributed by atoms with Crippen LogP contribution in [0.2, 0.25) is 10.0 Å². The van der Waals surface area contributed by atoms with Crippen LogP contribution in [0, 0.1) is 20.8 Å². The number of aromatic nitrogens is 2. The predicted octanol–water partition coefficient (Wildman–Crippen LogP) is 5.82. The van der Waals surface area contributed by atoms with Crippen molar-refractivity contribution in [2.45, 2.75) is 40.7 Å². The largest absolute Gasteiger partial charge is 0.463 e. The molecule has 0 N–H and O–H groups in total. The molecule has 1 aliphatic rings. The third-order valence-electron chi connectivity index (χ3n) is 6.83. The molecule has 5 rings (SSSR count). The summed E-state index contributed by atoms with van der Waals surface area (Å²) in [6, 6.07) is 14.7. The summed E-state index contributed by atoms with van der Waals surface area (Å²) < 4.78 is 9.59. The monoisotopic (exact) mass is 579 g/mol. The van der Waals surface area contributed by atoms with E-state index in [1.165, 1.54) is 11.3 Å². The molecule has 0 aliphatic carbocycles. The number of benzene rings is 2. The number of aryl methyl sites for hydroxylation is 2. The Morgan fingerprint density at radius 3 is 2.44 bits per heavy atom. The summed E-state index contributed by atoms with van der Waals surface area (Å²) >= 11 is 13.7. The van der Waals surface area contributed by atoms with Gasteiger partial charge in [0.25, 0.3) is 5.56 Å². The van der Waals surface area contributed by atoms with E-state index in [9.17, 15) is 9.59 Å². The number of carbonyl (C=O) groups is 1. The molecule has 0 spiro atoms. The molecule has 1 atom stereocenters. The first-order valence-electron chi connectivity index (χ1n) is 12.5. The number of thiazole rings is 1. The molecule has 1 aliphatic heterocycles. The molecular formula is C30H27Cl2N3O3S. The average molecular weight is 581 g/mol. The van der Waals surface area contributed by atoms with Gasteiger partial charge in [-0.2, -0.15) is 0 Å². The maximum Gasteiger partial charge on any atom is 0.338 e. The second-order valence-electron chi connectivity index (χ2n) is 9.47. The molecular weight excluding hydrogens is 553 g/mol. The lowest BCUT2D eigenvalue weighted by Gasteiger charge is -2.24. The molecule has 2 aromatic heterocycles. The number of ether oxygens (including phenoxy) is 1. The summed E-state index contributed by atoms with van der Waals surface area (Å²) in [5.74, 6) is -0.469. The fourth-order valence-corrected chi connectivity index (χ4v) is 6.28. The fraction of sp³-hybridized carbons (Fsp3) is 0.233. The molecule has 0 unspecified atom stereocenters. The number of rotatable bonds is 5. The van der Waals surface area contributed by atoms with Crippen LogP contribution in [0.1, 0.15) is 48.0 Å². The van der Waals surface area contributed by atoms with Gasteiger partial charge in [-0.25, -0.2) is 9.79 Å². The van der Waals surface area contributed by atoms with Gasteiger partial charge in [0.05, 0.1) is 38.5 Å². The highest BCUT2D eigenvalue weighted by Crippen LogP contribution is 2.31. The first-order chi connectivity index (χ1) is 18.6. The van der Waals surface area contributed by atoms with Gasteiger partial charge in [0.2, 0.25) is 0 Å². The first-order valence-corrected chi connectivity index (χ1v) is 14.1. The summed E-state index contributed by atoms with van der Waals surface area (Å²) in [5.41, 5.74) is 6.34. The number of carbonyl (C=O) groups excluding carboxylic acids is 1. The molecule has 0 saturated carbocycles. The van der Waals surface area contributed by atoms with Gasteiger partial charge in [-0.3, -0.25) is 9.36 Å². The Balaban J connectivity index is 1.68. The minimum Gasteiger partial charge on any atom is -0.463 e. The van der Waals surface area contributed by atoms with Crippen LogP contribution in [0.15, 0.2) is 69.6 Å². The highest BCUT2D eigenvalue weighted by atomic mass is 35.5. The number of hydrogen-bond donors (Lipinski definition) is 0. The van der Waals surface area contributed by atoms with Crippen molar-refractivity contribution in [3.63, 3.8) is 0 Å². The van der Waals surface area contributed by atoms with E-state index in [-0.39, 0.29) is 12.2 Å². The van der Waals surface area contributed by atoms with E-state index in [2.05, 4.69) is 9.56 Å². The number of hydrogen-bond acceptors (Lipinski definition) is 5. The van der Waals surface area contributed by atoms with E-state index in [0.717, 1.165) is 33.8 Å². The van der Waals surface area contributed by atoms with Gasteiger partial charge in [0, 0.05) is 17.1 Å². The van der Waals surface area contributed by atoms with Gasteiger partial charge in [0.1, 0.15) is 0 Å². The van der Waals surface area contributed by atoms with Crippen LogP contribution in [-0.2, 0) is 9.53 Å². The third-order valence-corrected chi connectivity index (χ3v) is 8.55. The average Bonchev–Trinajstić information content (AvgIpc) is 3.35. The van der Waals surface area contributed by atoms with E-state index in [0.29, 0.717) is 30.6 Å². The van der Waals surface area contributed by atoms with Crippen molar-refractivity contribution in [1.82, 2.24) is 9.13 Å². The maximum atomic E-state index is 13.9. The van der Waals surface area contributed by atoms with Crippen molar-refractivity contribution in [3.05, 3.63) is 118 Å². The lowest BCUT2D eigenvalue weighted by Crippen LogP contribution is -2.39. The molecule has 0 amide bonds. The number of esters is 1. The molecule has 0 radical (unpaired) electrons. The van der Waals surface area contributed by atoms with E-state index in [1.54, 1.807) is 24.5 Å². The van der Waals surface area contributed by atoms with Gasteiger partial charge in [0.15, 0.2) is 4.80 Å². The van der Waals surface area contributed by atoms with Crippen molar-refractivity contribution in [3.8, 4) is 5.69 Å². The molecule has 3 heterocycles. The Morgan fingerprint density at radius 1 is 1.05 bits per heavy atom. The van der Waals surface area contributed by atoms with E-state index in [4.69, 9.17) is 27.9 Å². The molecule has 200 valence electrons. The van der Waals surface area contributed by atoms with Crippen LogP contribution >= 0.6 is 34.5 Å². The standard InChI is InChI=1S/C30H27Cl2N3O3S/c1-6-38-29(37)26-18(4)33-30-35(27(26)20-9-7-16(2)8-10-20)28(36)25(39-30)14-21-13-17(3)34(19(21)5)22-11-12-23(31)24(32)15-22/h7-15,27H,6H2,1-5H3/b25-14-/t27-/m0/s1. The van der Waals surface area contributed by atoms with Gasteiger partial charge >= 0.3 is 5.97 Å². The lowest BCUT2D eigenvalue weighted by molar-refractivity contribution is -0.139. The summed E-state index contributed by atoms with van der Waals surface area (Å²) in [7, 11) is 0. The highest BCUT2D eigenvalue weighted by molar-refractivity contribution is 7.07. The number of nitrogens with zero attached hydrogens (tertiary/aromatic N) is 3. The topological polar surface area (TPSA) is 65.6 Å². The highest BCUT2D eigenvalue weighted by Gasteiger charge is 2.33. The molecule has 6 nitrogen and oxygen atoms in total. The third kappa shape index (κ3) is 4.91. The molecule has 39 heavy (non-hydrogen) atoms. The van der Waals surface area contributed by atoms with Gasteiger partial charge in [-0.15, -0.1) is 0 Å². The van der Waals surface area contributed by atoms with Crippen molar-refractivity contribution in [1.29, 1.82) is 0 Å². The van der Waals surface area contributed by atoms with Gasteiger partial charge < -0.3 is 9.30 Å². The van der Waals surface area contributed by atoms with E-state index in [1.807, 2.05) is 69.3 Å². The molecule has 2 aromatic carbocycles. The number of halogens is 2. The van der Waals surface area contributed by atoms with Crippen LogP contribution in [0.25, 0.3) is 11.8 Å². The van der Waals surface area contributed by atoms with Crippen LogP contribution in [0.4, 0.5) is 0 Å². The SMILES string of the molecule is CCOC(=O)C1=C(C)N=c2s/c(=C\c3cc(C)n(-c4ccc(Cl)c(Cl)c4)c3C)c(=O)n2[C@H]1c1ccc(C)cc1. The summed E-state index contributed by atoms with van der Waals surface area (Å²) in [4.78, 5) is 32.2. The van der Waals surface area contributed by atoms with Crippen LogP contribution in [-0.4, -0.2) is 21.7 Å². The molecule has 0 fully saturated rings. The minimum absolute atomic E-state index is 0.210. The van der Waals surface area contributed by atoms with E-state index < -0.39 is 12.0 Å². The smallest absolute Gasteiger partial charge is 0.338 e. The van der Waals surface area contributed by atoms with Gasteiger partial charge in [-0.1, -0.05) is 64.4 Å². The Hall–Kier alpha value is -3.39. The molecule has 0 bridgehead atoms. The summed E-state index contributed by atoms with van der Waals surface area (Å²) in [6.45, 7) is 9.77. The zero-order valence-corrected chi connectivity index (χ0v) is 24.5. The van der Waals surface area contributed by atoms with Crippen LogP contribution in [0.5, 0.6) is 0 Å². The Labute approximate surface area is 240 Å². The molecule has 4 aromatic rings. The normalized spacial score (nSPS) is 15.4. The van der Waals surface area contributed by atoms with Crippen LogP contribution < -0.4 is 14.9 Å². The first kappa shape index (κ1) is 27.2. The number of allylic oxidation sites excluding steroid dienone is 1. The number of fused-ring (bicyclic) bond motifs is 1. The van der Waals surface area contributed by atoms with Crippen molar-refractivity contribution in [2.75, 3.05) is 6.61 Å². The molecule has 9 heteroatoms. The zero-order valence-electron chi connectivity index (χ0n) is 22.2. The fourth-order valence-electron chi connectivity index (χ4n) is 4.95. The van der Waals surface area contributed by atoms with E-state index >= 15 is 0 Å². The predicted molar refractivity (Wildman–Crippen MR) is 157 cm³/mol. The van der Waals surface area contributed by atoms with Crippen molar-refractivity contribution < 1.29 is 9.53 Å². The van der Waals surface area contributed by atoms with Crippen LogP contribution in [0.3, 0.4) is 0 Å². The van der Waals surface area contributed by atoms with Crippen molar-refractivity contribution in [2.24, 2.45) is 4.99 Å². The summed E-state index contributed by atoms with van der Waals surface area (Å²) in [6.07, 6.45) is 1.88. The quantitative estimate of drug-likeness (QED) is 0.280. The van der Waals surface area contributed by atoms with Crippen molar-refractivity contribution >= 4 is 46.6 Å². The minimum atomic E-state index is -0.633. The van der Waals surface area contributed by atoms with Gasteiger partial charge in [-0.05, 0) is 76.1 Å².